The number of aryl methyl sites for hydroxylation is 1. The van der Waals surface area contributed by atoms with E-state index in [1.807, 2.05) is 30.0 Å². The average Bonchev–Trinajstić information content (AvgIpc) is 3.40. The van der Waals surface area contributed by atoms with E-state index in [0.717, 1.165) is 37.3 Å². The van der Waals surface area contributed by atoms with Gasteiger partial charge in [0.25, 0.3) is 5.91 Å². The first-order valence-corrected chi connectivity index (χ1v) is 13.3. The molecule has 2 heterocycles. The Morgan fingerprint density at radius 3 is 2.26 bits per heavy atom. The van der Waals surface area contributed by atoms with Crippen LogP contribution in [0.3, 0.4) is 0 Å². The largest absolute Gasteiger partial charge is 0.366 e. The van der Waals surface area contributed by atoms with E-state index in [9.17, 15) is 14.4 Å². The van der Waals surface area contributed by atoms with Gasteiger partial charge in [-0.1, -0.05) is 25.1 Å². The number of nitrogens with two attached hydrogens (primary N) is 1. The third-order valence-corrected chi connectivity index (χ3v) is 6.67. The fraction of sp³-hybridized carbons (Fsp3) is 0.367. The van der Waals surface area contributed by atoms with Crippen molar-refractivity contribution < 1.29 is 14.4 Å². The summed E-state index contributed by atoms with van der Waals surface area (Å²) in [6.45, 7) is 12.9. The van der Waals surface area contributed by atoms with Gasteiger partial charge in [0.05, 0.1) is 12.2 Å². The molecule has 0 unspecified atom stereocenters. The van der Waals surface area contributed by atoms with Crippen LogP contribution < -0.4 is 11.1 Å². The Morgan fingerprint density at radius 1 is 0.949 bits per heavy atom. The van der Waals surface area contributed by atoms with Crippen molar-refractivity contribution in [1.29, 1.82) is 0 Å². The average molecular weight is 531 g/mol. The van der Waals surface area contributed by atoms with E-state index in [0.29, 0.717) is 29.3 Å². The Kier molecular flexibility index (Phi) is 11.0. The molecule has 0 aliphatic carbocycles. The highest BCUT2D eigenvalue weighted by atomic mass is 16.2. The fourth-order valence-corrected chi connectivity index (χ4v) is 4.43. The highest BCUT2D eigenvalue weighted by Crippen LogP contribution is 2.19. The zero-order valence-electron chi connectivity index (χ0n) is 22.7. The number of hydrogen-bond donors (Lipinski definition) is 2. The van der Waals surface area contributed by atoms with Gasteiger partial charge in [0.1, 0.15) is 0 Å². The van der Waals surface area contributed by atoms with Crippen LogP contribution >= 0.6 is 0 Å². The second-order valence-electron chi connectivity index (χ2n) is 9.71. The zero-order chi connectivity index (χ0) is 28.2. The van der Waals surface area contributed by atoms with E-state index < -0.39 is 11.8 Å². The number of nitrogens with one attached hydrogen (secondary N) is 1. The molecule has 0 bridgehead atoms. The molecule has 9 heteroatoms. The Labute approximate surface area is 230 Å². The van der Waals surface area contributed by atoms with Crippen LogP contribution in [0.5, 0.6) is 0 Å². The lowest BCUT2D eigenvalue weighted by Crippen LogP contribution is -2.38. The van der Waals surface area contributed by atoms with Crippen molar-refractivity contribution in [2.45, 2.75) is 45.4 Å². The molecule has 2 aromatic rings. The van der Waals surface area contributed by atoms with Crippen LogP contribution in [0.2, 0.25) is 0 Å². The predicted molar refractivity (Wildman–Crippen MR) is 155 cm³/mol. The first kappa shape index (κ1) is 29.3. The summed E-state index contributed by atoms with van der Waals surface area (Å²) in [6, 6.07) is 13.4. The first-order valence-electron chi connectivity index (χ1n) is 13.3. The van der Waals surface area contributed by atoms with E-state index in [2.05, 4.69) is 33.5 Å². The van der Waals surface area contributed by atoms with Crippen molar-refractivity contribution in [2.75, 3.05) is 26.2 Å². The summed E-state index contributed by atoms with van der Waals surface area (Å²) in [5, 5.41) is 2.57. The third kappa shape index (κ3) is 9.21. The lowest BCUT2D eigenvalue weighted by Gasteiger charge is -2.26. The van der Waals surface area contributed by atoms with Crippen LogP contribution in [0.1, 0.15) is 64.8 Å². The van der Waals surface area contributed by atoms with E-state index in [-0.39, 0.29) is 5.96 Å². The van der Waals surface area contributed by atoms with E-state index in [4.69, 9.17) is 5.73 Å². The molecular weight excluding hydrogens is 492 g/mol. The molecule has 0 spiro atoms. The van der Waals surface area contributed by atoms with E-state index in [1.54, 1.807) is 6.07 Å². The molecule has 2 fully saturated rings. The Bertz CT molecular complexity index is 1220. The SMILES string of the molecule is C=C1CCCCCN1CC(=O)N1CCCC1.C=NC(=Nc1cccc(C)c1)NC(=O)c1ccc(C(N)=O)cc1. The van der Waals surface area contributed by atoms with Crippen LogP contribution in [-0.4, -0.2) is 66.4 Å². The molecule has 2 aliphatic rings. The maximum atomic E-state index is 12.2. The van der Waals surface area contributed by atoms with Crippen molar-refractivity contribution in [2.24, 2.45) is 15.7 Å². The van der Waals surface area contributed by atoms with Crippen molar-refractivity contribution in [3.63, 3.8) is 0 Å². The lowest BCUT2D eigenvalue weighted by molar-refractivity contribution is -0.130. The van der Waals surface area contributed by atoms with Crippen molar-refractivity contribution in [3.05, 3.63) is 77.5 Å². The number of aliphatic imine (C=N–C) groups is 2. The lowest BCUT2D eigenvalue weighted by atomic mass is 10.1. The number of hydrogen-bond acceptors (Lipinski definition) is 5. The highest BCUT2D eigenvalue weighted by molar-refractivity contribution is 6.07. The van der Waals surface area contributed by atoms with Gasteiger partial charge >= 0.3 is 0 Å². The maximum Gasteiger partial charge on any atom is 0.258 e. The minimum atomic E-state index is -0.550. The van der Waals surface area contributed by atoms with Gasteiger partial charge in [0.2, 0.25) is 17.8 Å². The summed E-state index contributed by atoms with van der Waals surface area (Å²) >= 11 is 0. The van der Waals surface area contributed by atoms with E-state index in [1.165, 1.54) is 56.4 Å². The molecule has 2 saturated heterocycles. The summed E-state index contributed by atoms with van der Waals surface area (Å²) < 4.78 is 0. The summed E-state index contributed by atoms with van der Waals surface area (Å²) in [5.41, 5.74) is 8.71. The van der Waals surface area contributed by atoms with Gasteiger partial charge in [0, 0.05) is 36.5 Å². The summed E-state index contributed by atoms with van der Waals surface area (Å²) in [5.74, 6) is -0.564. The number of amides is 3. The fourth-order valence-electron chi connectivity index (χ4n) is 4.43. The molecule has 9 nitrogen and oxygen atoms in total. The maximum absolute atomic E-state index is 12.2. The number of nitrogens with zero attached hydrogens (tertiary/aromatic N) is 4. The van der Waals surface area contributed by atoms with Gasteiger partial charge in [-0.15, -0.1) is 0 Å². The van der Waals surface area contributed by atoms with Gasteiger partial charge in [-0.3, -0.25) is 19.7 Å². The first-order chi connectivity index (χ1) is 18.8. The molecule has 0 radical (unpaired) electrons. The van der Waals surface area contributed by atoms with Gasteiger partial charge in [-0.25, -0.2) is 9.98 Å². The number of rotatable bonds is 5. The van der Waals surface area contributed by atoms with Crippen LogP contribution in [0.4, 0.5) is 5.69 Å². The zero-order valence-corrected chi connectivity index (χ0v) is 22.7. The summed E-state index contributed by atoms with van der Waals surface area (Å²) in [7, 11) is 0. The molecule has 0 saturated carbocycles. The van der Waals surface area contributed by atoms with Crippen LogP contribution in [0.15, 0.2) is 70.8 Å². The molecule has 4 rings (SSSR count). The highest BCUT2D eigenvalue weighted by Gasteiger charge is 2.21. The molecule has 0 atom stereocenters. The molecule has 2 aliphatic heterocycles. The van der Waals surface area contributed by atoms with Gasteiger partial charge < -0.3 is 15.5 Å². The predicted octanol–water partition coefficient (Wildman–Crippen LogP) is 4.21. The van der Waals surface area contributed by atoms with Gasteiger partial charge in [-0.2, -0.15) is 0 Å². The van der Waals surface area contributed by atoms with Crippen LogP contribution in [0.25, 0.3) is 0 Å². The number of primary amides is 1. The quantitative estimate of drug-likeness (QED) is 0.444. The molecule has 206 valence electrons. The van der Waals surface area contributed by atoms with Crippen LogP contribution in [-0.2, 0) is 4.79 Å². The van der Waals surface area contributed by atoms with Crippen molar-refractivity contribution in [3.8, 4) is 0 Å². The molecule has 39 heavy (non-hydrogen) atoms. The standard InChI is InChI=1S/C17H16N4O2.C13H22N2O/c1-11-4-3-5-14(10-11)20-17(19-2)21-16(23)13-8-6-12(7-9-13)15(18)22;1-12-7-3-2-4-10-15(12)11-13(16)14-8-5-6-9-14/h3-10H,2H2,1H3,(H2,18,22)(H,20,21,23);1-11H2. The molecular formula is C30H38N6O3. The van der Waals surface area contributed by atoms with Gasteiger partial charge in [0.15, 0.2) is 0 Å². The summed E-state index contributed by atoms with van der Waals surface area (Å²) in [6.07, 6.45) is 7.11. The number of likely N-dealkylation sites (tertiary alicyclic amines) is 2. The number of carbonyl (C=O) groups excluding carboxylic acids is 3. The minimum Gasteiger partial charge on any atom is -0.366 e. The second-order valence-corrected chi connectivity index (χ2v) is 9.71. The Hall–Kier alpha value is -4.27. The minimum absolute atomic E-state index is 0.0968. The third-order valence-electron chi connectivity index (χ3n) is 6.67. The second kappa shape index (κ2) is 14.6. The number of allylic oxidation sites excluding steroid dienone is 1. The number of guanidine groups is 1. The number of benzene rings is 2. The Balaban J connectivity index is 0.000000230. The van der Waals surface area contributed by atoms with E-state index >= 15 is 0 Å². The molecule has 2 aromatic carbocycles. The molecule has 3 N–H and O–H groups in total. The normalized spacial score (nSPS) is 15.6. The smallest absolute Gasteiger partial charge is 0.258 e. The monoisotopic (exact) mass is 530 g/mol. The van der Waals surface area contributed by atoms with Crippen molar-refractivity contribution >= 4 is 36.1 Å². The van der Waals surface area contributed by atoms with Crippen molar-refractivity contribution in [1.82, 2.24) is 15.1 Å². The summed E-state index contributed by atoms with van der Waals surface area (Å²) in [4.78, 5) is 47.3. The topological polar surface area (TPSA) is 120 Å². The molecule has 3 amide bonds. The van der Waals surface area contributed by atoms with Gasteiger partial charge in [-0.05, 0) is 87.7 Å². The van der Waals surface area contributed by atoms with Crippen LogP contribution in [0, 0.1) is 6.92 Å². The number of carbonyl (C=O) groups is 3. The molecule has 0 aromatic heterocycles. The Morgan fingerprint density at radius 2 is 1.62 bits per heavy atom.